The summed E-state index contributed by atoms with van der Waals surface area (Å²) in [6.07, 6.45) is 1.51. The number of nitrogens with zero attached hydrogens (tertiary/aromatic N) is 3. The second-order valence-corrected chi connectivity index (χ2v) is 4.39. The number of likely N-dealkylation sites (tertiary alicyclic amines) is 1. The van der Waals surface area contributed by atoms with Gasteiger partial charge in [-0.2, -0.15) is 0 Å². The fourth-order valence-corrected chi connectivity index (χ4v) is 2.23. The van der Waals surface area contributed by atoms with E-state index in [9.17, 15) is 4.79 Å². The number of carbonyl (C=O) groups excluding carboxylic acids is 1. The van der Waals surface area contributed by atoms with Crippen LogP contribution in [0.5, 0.6) is 0 Å². The average Bonchev–Trinajstić information content (AvgIpc) is 2.39. The SMILES string of the molecule is CCN(CC)C(=O)C(C)N1CCC(=NO)CC1. The van der Waals surface area contributed by atoms with E-state index in [0.717, 1.165) is 44.7 Å². The maximum atomic E-state index is 12.2. The summed E-state index contributed by atoms with van der Waals surface area (Å²) in [5, 5.41) is 11.9. The number of piperidine rings is 1. The van der Waals surface area contributed by atoms with Gasteiger partial charge < -0.3 is 10.1 Å². The molecule has 1 amide bonds. The second kappa shape index (κ2) is 6.59. The van der Waals surface area contributed by atoms with Crippen LogP contribution in [0, 0.1) is 0 Å². The Bertz CT molecular complexity index is 277. The minimum Gasteiger partial charge on any atom is -0.411 e. The first-order valence-electron chi connectivity index (χ1n) is 6.36. The first-order chi connectivity index (χ1) is 8.13. The molecule has 1 unspecified atom stereocenters. The molecule has 0 aromatic carbocycles. The van der Waals surface area contributed by atoms with Gasteiger partial charge in [-0.25, -0.2) is 0 Å². The van der Waals surface area contributed by atoms with Crippen molar-refractivity contribution >= 4 is 11.6 Å². The second-order valence-electron chi connectivity index (χ2n) is 4.39. The van der Waals surface area contributed by atoms with Gasteiger partial charge in [-0.15, -0.1) is 0 Å². The summed E-state index contributed by atoms with van der Waals surface area (Å²) >= 11 is 0. The van der Waals surface area contributed by atoms with E-state index in [1.165, 1.54) is 0 Å². The maximum absolute atomic E-state index is 12.2. The molecule has 1 aliphatic rings. The van der Waals surface area contributed by atoms with Crippen LogP contribution in [0.15, 0.2) is 5.16 Å². The van der Waals surface area contributed by atoms with Crippen molar-refractivity contribution in [2.45, 2.75) is 39.7 Å². The highest BCUT2D eigenvalue weighted by Gasteiger charge is 2.27. The molecule has 0 radical (unpaired) electrons. The number of hydrogen-bond donors (Lipinski definition) is 1. The van der Waals surface area contributed by atoms with Gasteiger partial charge in [0, 0.05) is 39.0 Å². The van der Waals surface area contributed by atoms with Crippen LogP contribution in [-0.4, -0.2) is 58.8 Å². The minimum atomic E-state index is -0.0739. The minimum absolute atomic E-state index is 0.0739. The Morgan fingerprint density at radius 3 is 2.35 bits per heavy atom. The van der Waals surface area contributed by atoms with Crippen LogP contribution in [-0.2, 0) is 4.79 Å². The predicted molar refractivity (Wildman–Crippen MR) is 67.4 cm³/mol. The fourth-order valence-electron chi connectivity index (χ4n) is 2.23. The summed E-state index contributed by atoms with van der Waals surface area (Å²) in [7, 11) is 0. The summed E-state index contributed by atoms with van der Waals surface area (Å²) in [6, 6.07) is -0.0739. The van der Waals surface area contributed by atoms with Crippen molar-refractivity contribution in [3.63, 3.8) is 0 Å². The lowest BCUT2D eigenvalue weighted by Gasteiger charge is -2.34. The Labute approximate surface area is 103 Å². The number of hydrogen-bond acceptors (Lipinski definition) is 4. The molecule has 0 bridgehead atoms. The van der Waals surface area contributed by atoms with Crippen LogP contribution in [0.3, 0.4) is 0 Å². The number of oxime groups is 1. The lowest BCUT2D eigenvalue weighted by atomic mass is 10.1. The zero-order valence-electron chi connectivity index (χ0n) is 11.0. The van der Waals surface area contributed by atoms with Crippen molar-refractivity contribution in [3.8, 4) is 0 Å². The highest BCUT2D eigenvalue weighted by atomic mass is 16.4. The molecule has 1 atom stereocenters. The van der Waals surface area contributed by atoms with Gasteiger partial charge in [-0.05, 0) is 20.8 Å². The lowest BCUT2D eigenvalue weighted by Crippen LogP contribution is -2.49. The quantitative estimate of drug-likeness (QED) is 0.594. The van der Waals surface area contributed by atoms with Crippen molar-refractivity contribution in [2.75, 3.05) is 26.2 Å². The van der Waals surface area contributed by atoms with Gasteiger partial charge >= 0.3 is 0 Å². The van der Waals surface area contributed by atoms with Gasteiger partial charge in [0.1, 0.15) is 0 Å². The van der Waals surface area contributed by atoms with Crippen molar-refractivity contribution in [2.24, 2.45) is 5.16 Å². The van der Waals surface area contributed by atoms with E-state index >= 15 is 0 Å². The molecule has 0 aromatic heterocycles. The molecule has 1 saturated heterocycles. The molecular formula is C12H23N3O2. The normalized spacial score (nSPS) is 18.9. The van der Waals surface area contributed by atoms with Crippen molar-refractivity contribution in [1.29, 1.82) is 0 Å². The molecule has 0 aromatic rings. The number of likely N-dealkylation sites (N-methyl/N-ethyl adjacent to an activating group) is 1. The summed E-state index contributed by atoms with van der Waals surface area (Å²) in [5.74, 6) is 0.194. The van der Waals surface area contributed by atoms with E-state index in [2.05, 4.69) is 10.1 Å². The Morgan fingerprint density at radius 1 is 1.41 bits per heavy atom. The van der Waals surface area contributed by atoms with Gasteiger partial charge in [-0.1, -0.05) is 5.16 Å². The first-order valence-corrected chi connectivity index (χ1v) is 6.36. The lowest BCUT2D eigenvalue weighted by molar-refractivity contribution is -0.136. The molecule has 0 spiro atoms. The summed E-state index contributed by atoms with van der Waals surface area (Å²) < 4.78 is 0. The maximum Gasteiger partial charge on any atom is 0.239 e. The Kier molecular flexibility index (Phi) is 5.41. The van der Waals surface area contributed by atoms with Crippen LogP contribution >= 0.6 is 0 Å². The third-order valence-corrected chi connectivity index (χ3v) is 3.50. The van der Waals surface area contributed by atoms with Crippen molar-refractivity contribution in [1.82, 2.24) is 9.80 Å². The Balaban J connectivity index is 2.53. The topological polar surface area (TPSA) is 56.1 Å². The van der Waals surface area contributed by atoms with Crippen LogP contribution in [0.25, 0.3) is 0 Å². The van der Waals surface area contributed by atoms with E-state index in [-0.39, 0.29) is 11.9 Å². The van der Waals surface area contributed by atoms with E-state index in [1.54, 1.807) is 0 Å². The molecule has 17 heavy (non-hydrogen) atoms. The average molecular weight is 241 g/mol. The van der Waals surface area contributed by atoms with Gasteiger partial charge in [0.15, 0.2) is 0 Å². The van der Waals surface area contributed by atoms with Crippen molar-refractivity contribution in [3.05, 3.63) is 0 Å². The molecule has 5 heteroatoms. The highest BCUT2D eigenvalue weighted by molar-refractivity contribution is 5.86. The zero-order chi connectivity index (χ0) is 12.8. The molecule has 5 nitrogen and oxygen atoms in total. The predicted octanol–water partition coefficient (Wildman–Crippen LogP) is 1.17. The van der Waals surface area contributed by atoms with E-state index < -0.39 is 0 Å². The van der Waals surface area contributed by atoms with Crippen molar-refractivity contribution < 1.29 is 10.0 Å². The van der Waals surface area contributed by atoms with Gasteiger partial charge in [0.05, 0.1) is 11.8 Å². The Hall–Kier alpha value is -1.10. The summed E-state index contributed by atoms with van der Waals surface area (Å²) in [5.41, 5.74) is 0.837. The monoisotopic (exact) mass is 241 g/mol. The van der Waals surface area contributed by atoms with E-state index in [1.807, 2.05) is 25.7 Å². The standard InChI is InChI=1S/C12H23N3O2/c1-4-14(5-2)12(16)10(3)15-8-6-11(13-17)7-9-15/h10,17H,4-9H2,1-3H3. The molecule has 0 saturated carbocycles. The number of rotatable bonds is 4. The van der Waals surface area contributed by atoms with Crippen LogP contribution in [0.4, 0.5) is 0 Å². The van der Waals surface area contributed by atoms with Gasteiger partial charge in [0.2, 0.25) is 5.91 Å². The molecule has 0 aliphatic carbocycles. The number of carbonyl (C=O) groups is 1. The largest absolute Gasteiger partial charge is 0.411 e. The number of amides is 1. The van der Waals surface area contributed by atoms with Crippen LogP contribution < -0.4 is 0 Å². The molecule has 1 heterocycles. The first kappa shape index (κ1) is 14.0. The molecule has 1 fully saturated rings. The molecule has 1 aliphatic heterocycles. The summed E-state index contributed by atoms with van der Waals surface area (Å²) in [6.45, 7) is 9.08. The third kappa shape index (κ3) is 3.43. The molecule has 1 N–H and O–H groups in total. The fraction of sp³-hybridized carbons (Fsp3) is 0.833. The summed E-state index contributed by atoms with van der Waals surface area (Å²) in [4.78, 5) is 16.2. The third-order valence-electron chi connectivity index (χ3n) is 3.50. The van der Waals surface area contributed by atoms with Crippen LogP contribution in [0.1, 0.15) is 33.6 Å². The van der Waals surface area contributed by atoms with E-state index in [4.69, 9.17) is 5.21 Å². The van der Waals surface area contributed by atoms with E-state index in [0.29, 0.717) is 0 Å². The van der Waals surface area contributed by atoms with Gasteiger partial charge in [0.25, 0.3) is 0 Å². The van der Waals surface area contributed by atoms with Crippen LogP contribution in [0.2, 0.25) is 0 Å². The smallest absolute Gasteiger partial charge is 0.239 e. The zero-order valence-corrected chi connectivity index (χ0v) is 11.0. The van der Waals surface area contributed by atoms with Gasteiger partial charge in [-0.3, -0.25) is 9.69 Å². The molecule has 1 rings (SSSR count). The Morgan fingerprint density at radius 2 is 1.94 bits per heavy atom. The molecular weight excluding hydrogens is 218 g/mol. The molecule has 98 valence electrons. The highest BCUT2D eigenvalue weighted by Crippen LogP contribution is 2.12.